The van der Waals surface area contributed by atoms with Crippen LogP contribution in [0.1, 0.15) is 44.0 Å². The molecule has 2 aromatic rings. The first-order chi connectivity index (χ1) is 12.0. The molecule has 5 nitrogen and oxygen atoms in total. The first-order valence-corrected chi connectivity index (χ1v) is 8.29. The molecule has 1 heterocycles. The van der Waals surface area contributed by atoms with Gasteiger partial charge in [-0.15, -0.1) is 0 Å². The number of halogens is 1. The molecule has 0 unspecified atom stereocenters. The highest BCUT2D eigenvalue weighted by Crippen LogP contribution is 2.28. The van der Waals surface area contributed by atoms with Crippen molar-refractivity contribution in [3.05, 3.63) is 59.7 Å². The normalized spacial score (nSPS) is 13.0. The van der Waals surface area contributed by atoms with E-state index in [0.717, 1.165) is 5.56 Å². The van der Waals surface area contributed by atoms with Crippen LogP contribution in [-0.2, 0) is 0 Å². The van der Waals surface area contributed by atoms with Crippen molar-refractivity contribution in [3.8, 4) is 5.75 Å². The number of rotatable bonds is 6. The first-order valence-electron chi connectivity index (χ1n) is 8.29. The number of carbonyl (C=O) groups excluding carboxylic acids is 1. The highest BCUT2D eigenvalue weighted by Gasteiger charge is 2.24. The van der Waals surface area contributed by atoms with Gasteiger partial charge in [-0.3, -0.25) is 4.98 Å². The van der Waals surface area contributed by atoms with Crippen LogP contribution in [0, 0.1) is 5.82 Å². The summed E-state index contributed by atoms with van der Waals surface area (Å²) in [6.45, 7) is 6.10. The molecule has 1 aromatic heterocycles. The molecule has 1 aromatic carbocycles. The predicted molar refractivity (Wildman–Crippen MR) is 94.9 cm³/mol. The Morgan fingerprint density at radius 1 is 1.32 bits per heavy atom. The van der Waals surface area contributed by atoms with Gasteiger partial charge in [0.05, 0.1) is 24.8 Å². The number of nitrogens with zero attached hydrogens (tertiary/aromatic N) is 2. The van der Waals surface area contributed by atoms with Crippen LogP contribution in [-0.4, -0.2) is 29.6 Å². The summed E-state index contributed by atoms with van der Waals surface area (Å²) >= 11 is 0. The summed E-state index contributed by atoms with van der Waals surface area (Å²) in [5.74, 6) is 0.00617. The van der Waals surface area contributed by atoms with Crippen LogP contribution in [0.5, 0.6) is 5.75 Å². The van der Waals surface area contributed by atoms with Gasteiger partial charge in [-0.2, -0.15) is 0 Å². The van der Waals surface area contributed by atoms with Gasteiger partial charge in [-0.1, -0.05) is 12.1 Å². The maximum Gasteiger partial charge on any atom is 0.318 e. The Morgan fingerprint density at radius 3 is 2.68 bits per heavy atom. The van der Waals surface area contributed by atoms with Crippen molar-refractivity contribution in [1.29, 1.82) is 0 Å². The van der Waals surface area contributed by atoms with Crippen molar-refractivity contribution in [2.24, 2.45) is 0 Å². The van der Waals surface area contributed by atoms with Gasteiger partial charge in [-0.25, -0.2) is 9.18 Å². The van der Waals surface area contributed by atoms with Crippen LogP contribution < -0.4 is 10.1 Å². The van der Waals surface area contributed by atoms with E-state index in [1.165, 1.54) is 13.2 Å². The molecule has 0 aliphatic carbocycles. The van der Waals surface area contributed by atoms with Crippen LogP contribution in [0.25, 0.3) is 0 Å². The quantitative estimate of drug-likeness (QED) is 0.858. The minimum absolute atomic E-state index is 0.145. The first kappa shape index (κ1) is 18.7. The fraction of sp³-hybridized carbons (Fsp3) is 0.368. The Bertz CT molecular complexity index is 709. The third-order valence-corrected chi connectivity index (χ3v) is 4.24. The predicted octanol–water partition coefficient (Wildman–Crippen LogP) is 4.08. The number of urea groups is 1. The number of nitrogens with one attached hydrogen (secondary N) is 1. The van der Waals surface area contributed by atoms with Gasteiger partial charge in [0.25, 0.3) is 0 Å². The number of hydrogen-bond donors (Lipinski definition) is 1. The molecule has 0 fully saturated rings. The standard InChI is InChI=1S/C19H24FN3O2/c1-5-23(14(3)15-8-7-11-21-12-15)19(24)22-13(2)18-16(20)9-6-10-17(18)25-4/h6-14H,5H2,1-4H3,(H,22,24)/t13-,14+/m0/s1. The van der Waals surface area contributed by atoms with Gasteiger partial charge in [-0.05, 0) is 44.5 Å². The molecule has 0 aliphatic heterocycles. The fourth-order valence-electron chi connectivity index (χ4n) is 2.85. The number of carbonyl (C=O) groups is 1. The molecule has 6 heteroatoms. The third kappa shape index (κ3) is 4.26. The summed E-state index contributed by atoms with van der Waals surface area (Å²) < 4.78 is 19.4. The number of aromatic nitrogens is 1. The molecular weight excluding hydrogens is 321 g/mol. The zero-order valence-corrected chi connectivity index (χ0v) is 15.0. The molecule has 2 atom stereocenters. The maximum atomic E-state index is 14.2. The van der Waals surface area contributed by atoms with Crippen LogP contribution >= 0.6 is 0 Å². The Kier molecular flexibility index (Phi) is 6.33. The van der Waals surface area contributed by atoms with Crippen LogP contribution in [0.2, 0.25) is 0 Å². The van der Waals surface area contributed by atoms with Crippen molar-refractivity contribution >= 4 is 6.03 Å². The fourth-order valence-corrected chi connectivity index (χ4v) is 2.85. The van der Waals surface area contributed by atoms with Crippen molar-refractivity contribution in [1.82, 2.24) is 15.2 Å². The molecule has 0 aliphatic rings. The van der Waals surface area contributed by atoms with E-state index in [4.69, 9.17) is 4.74 Å². The van der Waals surface area contributed by atoms with E-state index < -0.39 is 11.9 Å². The zero-order valence-electron chi connectivity index (χ0n) is 15.0. The molecule has 0 spiro atoms. The molecule has 0 radical (unpaired) electrons. The molecule has 0 saturated heterocycles. The second-order valence-corrected chi connectivity index (χ2v) is 5.78. The lowest BCUT2D eigenvalue weighted by Gasteiger charge is -2.30. The van der Waals surface area contributed by atoms with Gasteiger partial charge in [0.1, 0.15) is 11.6 Å². The molecule has 0 saturated carbocycles. The highest BCUT2D eigenvalue weighted by atomic mass is 19.1. The summed E-state index contributed by atoms with van der Waals surface area (Å²) in [4.78, 5) is 18.5. The minimum Gasteiger partial charge on any atom is -0.496 e. The zero-order chi connectivity index (χ0) is 18.4. The lowest BCUT2D eigenvalue weighted by molar-refractivity contribution is 0.179. The van der Waals surface area contributed by atoms with E-state index >= 15 is 0 Å². The van der Waals surface area contributed by atoms with Crippen molar-refractivity contribution in [3.63, 3.8) is 0 Å². The van der Waals surface area contributed by atoms with Gasteiger partial charge in [0, 0.05) is 18.9 Å². The molecule has 2 rings (SSSR count). The van der Waals surface area contributed by atoms with Gasteiger partial charge < -0.3 is 15.0 Å². The summed E-state index contributed by atoms with van der Waals surface area (Å²) in [5, 5.41) is 2.86. The average molecular weight is 345 g/mol. The van der Waals surface area contributed by atoms with E-state index in [2.05, 4.69) is 10.3 Å². The van der Waals surface area contributed by atoms with Crippen LogP contribution in [0.4, 0.5) is 9.18 Å². The van der Waals surface area contributed by atoms with Gasteiger partial charge in [0.2, 0.25) is 0 Å². The lowest BCUT2D eigenvalue weighted by Crippen LogP contribution is -2.42. The second kappa shape index (κ2) is 8.46. The van der Waals surface area contributed by atoms with Crippen molar-refractivity contribution in [2.75, 3.05) is 13.7 Å². The molecule has 134 valence electrons. The van der Waals surface area contributed by atoms with E-state index in [9.17, 15) is 9.18 Å². The summed E-state index contributed by atoms with van der Waals surface area (Å²) in [6.07, 6.45) is 3.43. The molecular formula is C19H24FN3O2. The summed E-state index contributed by atoms with van der Waals surface area (Å²) in [5.41, 5.74) is 1.28. The van der Waals surface area contributed by atoms with E-state index in [0.29, 0.717) is 17.9 Å². The second-order valence-electron chi connectivity index (χ2n) is 5.78. The van der Waals surface area contributed by atoms with Gasteiger partial charge in [0.15, 0.2) is 0 Å². The number of ether oxygens (including phenoxy) is 1. The maximum absolute atomic E-state index is 14.2. The van der Waals surface area contributed by atoms with Crippen LogP contribution in [0.15, 0.2) is 42.7 Å². The topological polar surface area (TPSA) is 54.5 Å². The number of pyridine rings is 1. The SMILES string of the molecule is CCN(C(=O)N[C@@H](C)c1c(F)cccc1OC)[C@H](C)c1cccnc1. The Balaban J connectivity index is 2.17. The van der Waals surface area contributed by atoms with Crippen LogP contribution in [0.3, 0.4) is 0 Å². The molecule has 1 N–H and O–H groups in total. The van der Waals surface area contributed by atoms with Crippen molar-refractivity contribution < 1.29 is 13.9 Å². The number of hydrogen-bond acceptors (Lipinski definition) is 3. The largest absolute Gasteiger partial charge is 0.496 e. The minimum atomic E-state index is -0.529. The van der Waals surface area contributed by atoms with Crippen molar-refractivity contribution in [2.45, 2.75) is 32.9 Å². The average Bonchev–Trinajstić information content (AvgIpc) is 2.62. The van der Waals surface area contributed by atoms with E-state index in [-0.39, 0.29) is 12.1 Å². The molecule has 2 amide bonds. The highest BCUT2D eigenvalue weighted by molar-refractivity contribution is 5.75. The Labute approximate surface area is 147 Å². The number of amides is 2. The monoisotopic (exact) mass is 345 g/mol. The summed E-state index contributed by atoms with van der Waals surface area (Å²) in [7, 11) is 1.48. The summed E-state index contributed by atoms with van der Waals surface area (Å²) in [6, 6.07) is 7.44. The van der Waals surface area contributed by atoms with E-state index in [1.54, 1.807) is 36.4 Å². The lowest BCUT2D eigenvalue weighted by atomic mass is 10.1. The molecule has 25 heavy (non-hydrogen) atoms. The number of methoxy groups -OCH3 is 1. The van der Waals surface area contributed by atoms with Gasteiger partial charge >= 0.3 is 6.03 Å². The third-order valence-electron chi connectivity index (χ3n) is 4.24. The molecule has 0 bridgehead atoms. The smallest absolute Gasteiger partial charge is 0.318 e. The van der Waals surface area contributed by atoms with E-state index in [1.807, 2.05) is 26.0 Å². The number of benzene rings is 1. The Morgan fingerprint density at radius 2 is 2.08 bits per heavy atom. The Hall–Kier alpha value is -2.63.